The number of nitrogens with zero attached hydrogens (tertiary/aromatic N) is 3. The highest BCUT2D eigenvalue weighted by Crippen LogP contribution is 2.20. The third-order valence-corrected chi connectivity index (χ3v) is 2.83. The first-order valence-corrected chi connectivity index (χ1v) is 5.72. The third-order valence-electron chi connectivity index (χ3n) is 2.59. The van der Waals surface area contributed by atoms with Gasteiger partial charge in [0, 0.05) is 10.6 Å². The first kappa shape index (κ1) is 10.9. The van der Waals surface area contributed by atoms with Gasteiger partial charge < -0.3 is 0 Å². The van der Waals surface area contributed by atoms with Crippen molar-refractivity contribution in [2.45, 2.75) is 0 Å². The normalized spacial score (nSPS) is 10.7. The number of aromatic nitrogens is 3. The molecule has 3 rings (SSSR count). The Labute approximate surface area is 108 Å². The third kappa shape index (κ3) is 1.76. The van der Waals surface area contributed by atoms with Gasteiger partial charge in [-0.1, -0.05) is 29.8 Å². The van der Waals surface area contributed by atoms with Crippen LogP contribution in [0.15, 0.2) is 42.5 Å². The summed E-state index contributed by atoms with van der Waals surface area (Å²) in [5, 5.41) is 4.94. The minimum Gasteiger partial charge on any atom is -0.296 e. The largest absolute Gasteiger partial charge is 0.296 e. The average molecular weight is 258 g/mol. The molecule has 3 aromatic rings. The maximum absolute atomic E-state index is 10.9. The van der Waals surface area contributed by atoms with Crippen LogP contribution in [0.5, 0.6) is 0 Å². The number of carbonyl (C=O) groups excluding carboxylic acids is 1. The van der Waals surface area contributed by atoms with E-state index in [9.17, 15) is 4.79 Å². The van der Waals surface area contributed by atoms with Crippen LogP contribution in [0.3, 0.4) is 0 Å². The lowest BCUT2D eigenvalue weighted by Gasteiger charge is -1.95. The van der Waals surface area contributed by atoms with Gasteiger partial charge in [0.25, 0.3) is 0 Å². The molecule has 18 heavy (non-hydrogen) atoms. The maximum Gasteiger partial charge on any atom is 0.182 e. The van der Waals surface area contributed by atoms with E-state index in [0.29, 0.717) is 22.2 Å². The van der Waals surface area contributed by atoms with Crippen molar-refractivity contribution in [2.24, 2.45) is 0 Å². The second-order valence-corrected chi connectivity index (χ2v) is 4.22. The molecule has 2 aromatic heterocycles. The summed E-state index contributed by atoms with van der Waals surface area (Å²) >= 11 is 5.93. The van der Waals surface area contributed by atoms with Crippen molar-refractivity contribution in [2.75, 3.05) is 0 Å². The molecule has 88 valence electrons. The molecule has 2 heterocycles. The molecule has 0 unspecified atom stereocenters. The van der Waals surface area contributed by atoms with Gasteiger partial charge in [-0.05, 0) is 24.3 Å². The monoisotopic (exact) mass is 257 g/mol. The molecular weight excluding hydrogens is 250 g/mol. The van der Waals surface area contributed by atoms with Crippen LogP contribution in [-0.2, 0) is 0 Å². The summed E-state index contributed by atoms with van der Waals surface area (Å²) in [7, 11) is 0. The van der Waals surface area contributed by atoms with Crippen molar-refractivity contribution in [3.63, 3.8) is 0 Å². The Morgan fingerprint density at radius 3 is 2.78 bits per heavy atom. The summed E-state index contributed by atoms with van der Waals surface area (Å²) in [4.78, 5) is 15.3. The number of benzene rings is 1. The van der Waals surface area contributed by atoms with E-state index >= 15 is 0 Å². The highest BCUT2D eigenvalue weighted by atomic mass is 35.5. The van der Waals surface area contributed by atoms with Crippen LogP contribution in [-0.4, -0.2) is 20.9 Å². The quantitative estimate of drug-likeness (QED) is 0.663. The summed E-state index contributed by atoms with van der Waals surface area (Å²) < 4.78 is 1.52. The SMILES string of the molecule is O=Cc1cccc2nc(-c3cccc(Cl)c3)nn12. The summed E-state index contributed by atoms with van der Waals surface area (Å²) in [6, 6.07) is 12.6. The minimum absolute atomic E-state index is 0.466. The number of aldehydes is 1. The van der Waals surface area contributed by atoms with Crippen LogP contribution >= 0.6 is 11.6 Å². The minimum atomic E-state index is 0.466. The Bertz CT molecular complexity index is 736. The number of fused-ring (bicyclic) bond motifs is 1. The summed E-state index contributed by atoms with van der Waals surface area (Å²) in [5.41, 5.74) is 1.92. The predicted octanol–water partition coefficient (Wildman–Crippen LogP) is 2.86. The van der Waals surface area contributed by atoms with E-state index in [4.69, 9.17) is 11.6 Å². The molecule has 0 aliphatic rings. The average Bonchev–Trinajstić information content (AvgIpc) is 2.82. The van der Waals surface area contributed by atoms with E-state index in [2.05, 4.69) is 10.1 Å². The second kappa shape index (κ2) is 4.23. The molecule has 0 aliphatic carbocycles. The molecule has 0 aliphatic heterocycles. The van der Waals surface area contributed by atoms with Crippen molar-refractivity contribution in [3.05, 3.63) is 53.2 Å². The Morgan fingerprint density at radius 2 is 2.00 bits per heavy atom. The maximum atomic E-state index is 10.9. The van der Waals surface area contributed by atoms with Gasteiger partial charge in [0.1, 0.15) is 5.69 Å². The van der Waals surface area contributed by atoms with Crippen molar-refractivity contribution in [3.8, 4) is 11.4 Å². The first-order chi connectivity index (χ1) is 8.78. The van der Waals surface area contributed by atoms with Crippen LogP contribution in [0.2, 0.25) is 5.02 Å². The molecule has 0 fully saturated rings. The Balaban J connectivity index is 2.22. The first-order valence-electron chi connectivity index (χ1n) is 5.35. The zero-order valence-corrected chi connectivity index (χ0v) is 10.0. The van der Waals surface area contributed by atoms with E-state index in [-0.39, 0.29) is 0 Å². The Hall–Kier alpha value is -2.20. The summed E-state index contributed by atoms with van der Waals surface area (Å²) in [6.45, 7) is 0. The van der Waals surface area contributed by atoms with Gasteiger partial charge in [-0.2, -0.15) is 0 Å². The van der Waals surface area contributed by atoms with Crippen molar-refractivity contribution in [1.29, 1.82) is 0 Å². The van der Waals surface area contributed by atoms with E-state index < -0.39 is 0 Å². The number of pyridine rings is 1. The molecule has 4 nitrogen and oxygen atoms in total. The van der Waals surface area contributed by atoms with E-state index in [1.165, 1.54) is 4.52 Å². The van der Waals surface area contributed by atoms with Crippen LogP contribution in [0.1, 0.15) is 10.5 Å². The van der Waals surface area contributed by atoms with Gasteiger partial charge in [-0.15, -0.1) is 5.10 Å². The molecule has 0 saturated heterocycles. The number of hydrogen-bond acceptors (Lipinski definition) is 3. The van der Waals surface area contributed by atoms with Crippen molar-refractivity contribution < 1.29 is 4.79 Å². The standard InChI is InChI=1S/C13H8ClN3O/c14-10-4-1-3-9(7-10)13-15-12-6-2-5-11(8-18)17(12)16-13/h1-8H. The molecule has 0 radical (unpaired) electrons. The molecule has 0 N–H and O–H groups in total. The Morgan fingerprint density at radius 1 is 1.17 bits per heavy atom. The molecule has 0 atom stereocenters. The van der Waals surface area contributed by atoms with Gasteiger partial charge in [0.2, 0.25) is 0 Å². The topological polar surface area (TPSA) is 47.3 Å². The van der Waals surface area contributed by atoms with Crippen molar-refractivity contribution in [1.82, 2.24) is 14.6 Å². The van der Waals surface area contributed by atoms with E-state index in [1.807, 2.05) is 12.1 Å². The number of carbonyl (C=O) groups is 1. The highest BCUT2D eigenvalue weighted by molar-refractivity contribution is 6.30. The summed E-state index contributed by atoms with van der Waals surface area (Å²) in [5.74, 6) is 0.548. The fourth-order valence-electron chi connectivity index (χ4n) is 1.76. The zero-order valence-electron chi connectivity index (χ0n) is 9.25. The van der Waals surface area contributed by atoms with Crippen LogP contribution in [0.4, 0.5) is 0 Å². The molecule has 1 aromatic carbocycles. The molecule has 0 amide bonds. The highest BCUT2D eigenvalue weighted by Gasteiger charge is 2.08. The van der Waals surface area contributed by atoms with Gasteiger partial charge in [-0.3, -0.25) is 4.79 Å². The zero-order chi connectivity index (χ0) is 12.5. The molecule has 0 saturated carbocycles. The second-order valence-electron chi connectivity index (χ2n) is 3.78. The van der Waals surface area contributed by atoms with E-state index in [0.717, 1.165) is 11.8 Å². The smallest absolute Gasteiger partial charge is 0.182 e. The van der Waals surface area contributed by atoms with Gasteiger partial charge in [0.15, 0.2) is 17.8 Å². The van der Waals surface area contributed by atoms with Crippen molar-refractivity contribution >= 4 is 23.5 Å². The van der Waals surface area contributed by atoms with Crippen LogP contribution in [0, 0.1) is 0 Å². The number of hydrogen-bond donors (Lipinski definition) is 0. The fraction of sp³-hybridized carbons (Fsp3) is 0. The fourth-order valence-corrected chi connectivity index (χ4v) is 1.95. The molecular formula is C13H8ClN3O. The molecule has 5 heteroatoms. The van der Waals surface area contributed by atoms with E-state index in [1.54, 1.807) is 30.3 Å². The van der Waals surface area contributed by atoms with Gasteiger partial charge in [-0.25, -0.2) is 9.50 Å². The molecule has 0 bridgehead atoms. The van der Waals surface area contributed by atoms with Crippen LogP contribution in [0.25, 0.3) is 17.0 Å². The Kier molecular flexibility index (Phi) is 2.57. The number of halogens is 1. The van der Waals surface area contributed by atoms with Crippen LogP contribution < -0.4 is 0 Å². The van der Waals surface area contributed by atoms with Gasteiger partial charge >= 0.3 is 0 Å². The molecule has 0 spiro atoms. The lowest BCUT2D eigenvalue weighted by atomic mass is 10.2. The number of rotatable bonds is 2. The lowest BCUT2D eigenvalue weighted by molar-refractivity contribution is 0.111. The van der Waals surface area contributed by atoms with Gasteiger partial charge in [0.05, 0.1) is 0 Å². The predicted molar refractivity (Wildman–Crippen MR) is 68.8 cm³/mol. The lowest BCUT2D eigenvalue weighted by Crippen LogP contribution is -1.96. The summed E-state index contributed by atoms with van der Waals surface area (Å²) in [6.07, 6.45) is 0.753.